The standard InChI is InChI=1S/C21H24N8O8S/c1-20(2,3)36-19(35)26-18-24-12(9-38-18)14(28-37-21(4-5-21)17(33)34)16(32)25-13-11(23-15(13)31)7-29-22-6-10(8-30)27-29/h6,8-9,11,13H,4-5,7H2,1-3H3,(H,23,31)(H,25,32)(H,33,34)(H,24,26,35)/b28-14-/t11-,13+/m1/s1. The second-order valence-electron chi connectivity index (χ2n) is 9.50. The van der Waals surface area contributed by atoms with Gasteiger partial charge >= 0.3 is 12.1 Å². The van der Waals surface area contributed by atoms with Crippen LogP contribution in [0.5, 0.6) is 0 Å². The first-order valence-electron chi connectivity index (χ1n) is 11.3. The molecule has 3 amide bonds. The molecule has 2 fully saturated rings. The van der Waals surface area contributed by atoms with Crippen LogP contribution in [0, 0.1) is 0 Å². The maximum absolute atomic E-state index is 13.2. The van der Waals surface area contributed by atoms with Crippen molar-refractivity contribution in [3.8, 4) is 0 Å². The minimum absolute atomic E-state index is 0.0274. The summed E-state index contributed by atoms with van der Waals surface area (Å²) in [6.45, 7) is 5.14. The van der Waals surface area contributed by atoms with E-state index in [1.807, 2.05) is 0 Å². The number of hydrogen-bond acceptors (Lipinski definition) is 12. The van der Waals surface area contributed by atoms with E-state index in [9.17, 15) is 29.1 Å². The van der Waals surface area contributed by atoms with Crippen LogP contribution in [0.4, 0.5) is 9.93 Å². The van der Waals surface area contributed by atoms with E-state index in [1.54, 1.807) is 20.8 Å². The molecule has 0 unspecified atom stereocenters. The minimum Gasteiger partial charge on any atom is -0.478 e. The molecule has 17 heteroatoms. The van der Waals surface area contributed by atoms with Gasteiger partial charge in [-0.2, -0.15) is 15.0 Å². The third-order valence-corrected chi connectivity index (χ3v) is 6.07. The molecular formula is C21H24N8O8S. The summed E-state index contributed by atoms with van der Waals surface area (Å²) >= 11 is 0.967. The average molecular weight is 549 g/mol. The van der Waals surface area contributed by atoms with Crippen LogP contribution >= 0.6 is 11.3 Å². The maximum Gasteiger partial charge on any atom is 0.413 e. The Morgan fingerprint density at radius 1 is 1.37 bits per heavy atom. The Labute approximate surface area is 218 Å². The SMILES string of the molecule is CC(C)(C)OC(=O)Nc1nc(/C(=N/OC2(C(=O)O)CC2)C(=O)N[C@@H]2C(=O)N[C@@H]2Cn2ncc(C=O)n2)cs1. The summed E-state index contributed by atoms with van der Waals surface area (Å²) in [5.41, 5.74) is -2.61. The molecule has 4 N–H and O–H groups in total. The fourth-order valence-corrected chi connectivity index (χ4v) is 3.90. The number of rotatable bonds is 10. The molecule has 2 aromatic heterocycles. The minimum atomic E-state index is -1.54. The number of carbonyl (C=O) groups is 5. The van der Waals surface area contributed by atoms with Crippen LogP contribution in [0.15, 0.2) is 16.7 Å². The van der Waals surface area contributed by atoms with Gasteiger partial charge in [-0.05, 0) is 20.8 Å². The first-order valence-corrected chi connectivity index (χ1v) is 12.2. The van der Waals surface area contributed by atoms with Gasteiger partial charge in [0.2, 0.25) is 11.5 Å². The third-order valence-electron chi connectivity index (χ3n) is 5.31. The molecule has 2 atom stereocenters. The number of amides is 3. The second-order valence-corrected chi connectivity index (χ2v) is 10.4. The molecule has 0 bridgehead atoms. The number of hydrogen-bond donors (Lipinski definition) is 4. The number of β-lactam (4-membered cyclic amide) rings is 1. The number of anilines is 1. The number of aldehydes is 1. The van der Waals surface area contributed by atoms with E-state index in [4.69, 9.17) is 9.57 Å². The number of carboxylic acids is 1. The van der Waals surface area contributed by atoms with Gasteiger partial charge in [-0.25, -0.2) is 14.6 Å². The molecule has 2 aliphatic rings. The molecule has 0 spiro atoms. The number of carbonyl (C=O) groups excluding carboxylic acids is 4. The van der Waals surface area contributed by atoms with Gasteiger partial charge < -0.3 is 25.3 Å². The van der Waals surface area contributed by atoms with E-state index < -0.39 is 52.9 Å². The highest BCUT2D eigenvalue weighted by atomic mass is 32.1. The van der Waals surface area contributed by atoms with E-state index in [1.165, 1.54) is 16.4 Å². The predicted molar refractivity (Wildman–Crippen MR) is 128 cm³/mol. The van der Waals surface area contributed by atoms with Crippen LogP contribution in [0.3, 0.4) is 0 Å². The van der Waals surface area contributed by atoms with Crippen LogP contribution in [0.1, 0.15) is 49.8 Å². The van der Waals surface area contributed by atoms with Gasteiger partial charge in [0.15, 0.2) is 17.1 Å². The molecule has 16 nitrogen and oxygen atoms in total. The smallest absolute Gasteiger partial charge is 0.413 e. The van der Waals surface area contributed by atoms with Crippen LogP contribution in [0.25, 0.3) is 0 Å². The Morgan fingerprint density at radius 3 is 2.68 bits per heavy atom. The highest BCUT2D eigenvalue weighted by molar-refractivity contribution is 7.14. The number of thiazole rings is 1. The summed E-state index contributed by atoms with van der Waals surface area (Å²) in [6, 6.07) is -1.61. The molecule has 4 rings (SSSR count). The molecule has 1 aliphatic heterocycles. The van der Waals surface area contributed by atoms with Gasteiger partial charge in [0.05, 0.1) is 18.8 Å². The Morgan fingerprint density at radius 2 is 2.11 bits per heavy atom. The van der Waals surface area contributed by atoms with E-state index in [-0.39, 0.29) is 35.9 Å². The fraction of sp³-hybridized carbons (Fsp3) is 0.476. The predicted octanol–water partition coefficient (Wildman–Crippen LogP) is -0.0846. The van der Waals surface area contributed by atoms with Crippen molar-refractivity contribution >= 4 is 52.3 Å². The molecule has 1 saturated carbocycles. The topological polar surface area (TPSA) is 216 Å². The normalized spacial score (nSPS) is 20.0. The molecule has 0 radical (unpaired) electrons. The van der Waals surface area contributed by atoms with Gasteiger partial charge in [-0.15, -0.1) is 11.3 Å². The second kappa shape index (κ2) is 10.2. The van der Waals surface area contributed by atoms with Crippen molar-refractivity contribution in [1.82, 2.24) is 30.6 Å². The lowest BCUT2D eigenvalue weighted by molar-refractivity contribution is -0.153. The average Bonchev–Trinajstić information content (AvgIpc) is 3.26. The van der Waals surface area contributed by atoms with Crippen LogP contribution in [-0.2, 0) is 30.5 Å². The molecule has 1 aliphatic carbocycles. The van der Waals surface area contributed by atoms with Crippen molar-refractivity contribution in [2.45, 2.75) is 63.4 Å². The summed E-state index contributed by atoms with van der Waals surface area (Å²) in [5.74, 6) is -2.58. The maximum atomic E-state index is 13.2. The molecule has 0 aromatic carbocycles. The number of nitrogens with one attached hydrogen (secondary N) is 3. The van der Waals surface area contributed by atoms with Gasteiger partial charge in [-0.1, -0.05) is 5.16 Å². The van der Waals surface area contributed by atoms with Crippen molar-refractivity contribution in [1.29, 1.82) is 0 Å². The van der Waals surface area contributed by atoms with Crippen molar-refractivity contribution in [2.75, 3.05) is 5.32 Å². The summed E-state index contributed by atoms with van der Waals surface area (Å²) < 4.78 is 5.18. The zero-order chi connectivity index (χ0) is 27.7. The number of aliphatic carboxylic acids is 1. The zero-order valence-electron chi connectivity index (χ0n) is 20.5. The Balaban J connectivity index is 1.50. The molecular weight excluding hydrogens is 524 g/mol. The van der Waals surface area contributed by atoms with Crippen molar-refractivity contribution in [3.63, 3.8) is 0 Å². The number of ether oxygens (including phenoxy) is 1. The van der Waals surface area contributed by atoms with Gasteiger partial charge in [-0.3, -0.25) is 19.7 Å². The van der Waals surface area contributed by atoms with Gasteiger partial charge in [0.25, 0.3) is 5.91 Å². The lowest BCUT2D eigenvalue weighted by Crippen LogP contribution is -2.70. The highest BCUT2D eigenvalue weighted by Crippen LogP contribution is 2.40. The van der Waals surface area contributed by atoms with E-state index in [2.05, 4.69) is 36.3 Å². The monoisotopic (exact) mass is 548 g/mol. The molecule has 202 valence electrons. The first-order chi connectivity index (χ1) is 17.9. The summed E-state index contributed by atoms with van der Waals surface area (Å²) in [4.78, 5) is 70.3. The van der Waals surface area contributed by atoms with Crippen LogP contribution in [0.2, 0.25) is 0 Å². The highest BCUT2D eigenvalue weighted by Gasteiger charge is 2.55. The Bertz CT molecular complexity index is 1310. The lowest BCUT2D eigenvalue weighted by atomic mass is 9.98. The molecule has 1 saturated heterocycles. The van der Waals surface area contributed by atoms with Crippen LogP contribution < -0.4 is 16.0 Å². The number of nitrogens with zero attached hydrogens (tertiary/aromatic N) is 5. The van der Waals surface area contributed by atoms with Crippen molar-refractivity contribution in [2.24, 2.45) is 5.16 Å². The van der Waals surface area contributed by atoms with Crippen molar-refractivity contribution in [3.05, 3.63) is 23.0 Å². The summed E-state index contributed by atoms with van der Waals surface area (Å²) in [5, 5.41) is 30.1. The van der Waals surface area contributed by atoms with Crippen molar-refractivity contribution < 1.29 is 38.7 Å². The number of oxime groups is 1. The fourth-order valence-electron chi connectivity index (χ4n) is 3.22. The van der Waals surface area contributed by atoms with E-state index in [0.717, 1.165) is 11.3 Å². The molecule has 38 heavy (non-hydrogen) atoms. The van der Waals surface area contributed by atoms with E-state index >= 15 is 0 Å². The summed E-state index contributed by atoms with van der Waals surface area (Å²) in [6.07, 6.45) is 1.42. The zero-order valence-corrected chi connectivity index (χ0v) is 21.3. The molecule has 2 aromatic rings. The Hall–Kier alpha value is -4.41. The Kier molecular flexibility index (Phi) is 7.12. The quantitative estimate of drug-likeness (QED) is 0.133. The number of aromatic nitrogens is 4. The first kappa shape index (κ1) is 26.6. The molecule has 3 heterocycles. The largest absolute Gasteiger partial charge is 0.478 e. The number of carboxylic acid groups (broad SMARTS) is 1. The lowest BCUT2D eigenvalue weighted by Gasteiger charge is -2.36. The van der Waals surface area contributed by atoms with E-state index in [0.29, 0.717) is 6.29 Å². The van der Waals surface area contributed by atoms with Gasteiger partial charge in [0.1, 0.15) is 23.0 Å². The summed E-state index contributed by atoms with van der Waals surface area (Å²) in [7, 11) is 0. The van der Waals surface area contributed by atoms with Crippen LogP contribution in [-0.4, -0.2) is 84.2 Å². The third kappa shape index (κ3) is 6.10. The van der Waals surface area contributed by atoms with Gasteiger partial charge in [0, 0.05) is 18.2 Å².